The summed E-state index contributed by atoms with van der Waals surface area (Å²) in [6.07, 6.45) is 7.94. The van der Waals surface area contributed by atoms with Crippen LogP contribution in [0.2, 0.25) is 0 Å². The molecule has 0 aliphatic carbocycles. The van der Waals surface area contributed by atoms with E-state index in [4.69, 9.17) is 0 Å². The summed E-state index contributed by atoms with van der Waals surface area (Å²) in [6, 6.07) is 11.6. The molecule has 0 radical (unpaired) electrons. The van der Waals surface area contributed by atoms with E-state index in [9.17, 15) is 0 Å². The minimum Gasteiger partial charge on any atom is -0.317 e. The lowest BCUT2D eigenvalue weighted by atomic mass is 10.0. The molecule has 0 aromatic heterocycles. The first kappa shape index (κ1) is 15.5. The van der Waals surface area contributed by atoms with E-state index < -0.39 is 0 Å². The normalized spacial score (nSPS) is 20.1. The van der Waals surface area contributed by atoms with Gasteiger partial charge in [0, 0.05) is 6.04 Å². The second-order valence-corrected chi connectivity index (χ2v) is 6.07. The Hall–Kier alpha value is -0.860. The van der Waals surface area contributed by atoms with E-state index in [1.165, 1.54) is 57.2 Å². The molecule has 1 aliphatic rings. The van der Waals surface area contributed by atoms with Gasteiger partial charge in [-0.1, -0.05) is 36.8 Å². The summed E-state index contributed by atoms with van der Waals surface area (Å²) < 4.78 is 0. The minimum absolute atomic E-state index is 0.807. The van der Waals surface area contributed by atoms with E-state index in [1.54, 1.807) is 0 Å². The monoisotopic (exact) mass is 274 g/mol. The summed E-state index contributed by atoms with van der Waals surface area (Å²) in [5.41, 5.74) is 1.46. The van der Waals surface area contributed by atoms with Crippen molar-refractivity contribution in [1.82, 2.24) is 10.2 Å². The van der Waals surface area contributed by atoms with E-state index in [1.807, 2.05) is 0 Å². The predicted molar refractivity (Wildman–Crippen MR) is 87.1 cm³/mol. The zero-order chi connectivity index (χ0) is 14.0. The van der Waals surface area contributed by atoms with Crippen molar-refractivity contribution in [2.45, 2.75) is 51.5 Å². The van der Waals surface area contributed by atoms with E-state index in [0.29, 0.717) is 0 Å². The van der Waals surface area contributed by atoms with Crippen LogP contribution in [-0.2, 0) is 6.42 Å². The molecule has 2 nitrogen and oxygen atoms in total. The Labute approximate surface area is 124 Å². The van der Waals surface area contributed by atoms with Gasteiger partial charge in [0.05, 0.1) is 0 Å². The lowest BCUT2D eigenvalue weighted by molar-refractivity contribution is 0.159. The fourth-order valence-electron chi connectivity index (χ4n) is 3.08. The molecule has 0 saturated carbocycles. The van der Waals surface area contributed by atoms with Gasteiger partial charge in [0.1, 0.15) is 0 Å². The molecular formula is C18H30N2. The average Bonchev–Trinajstić information content (AvgIpc) is 2.49. The molecule has 1 fully saturated rings. The Balaban J connectivity index is 1.45. The van der Waals surface area contributed by atoms with Crippen LogP contribution in [0.1, 0.15) is 44.6 Å². The third-order valence-corrected chi connectivity index (χ3v) is 4.40. The Morgan fingerprint density at radius 3 is 2.70 bits per heavy atom. The molecule has 1 atom stereocenters. The Kier molecular flexibility index (Phi) is 7.10. The van der Waals surface area contributed by atoms with E-state index in [2.05, 4.69) is 47.5 Å². The molecule has 2 rings (SSSR count). The molecule has 2 heteroatoms. The zero-order valence-corrected chi connectivity index (χ0v) is 13.0. The molecule has 1 aliphatic heterocycles. The largest absolute Gasteiger partial charge is 0.317 e. The van der Waals surface area contributed by atoms with Crippen molar-refractivity contribution in [2.75, 3.05) is 26.2 Å². The molecular weight excluding hydrogens is 244 g/mol. The van der Waals surface area contributed by atoms with Crippen LogP contribution in [0.25, 0.3) is 0 Å². The molecule has 1 unspecified atom stereocenters. The topological polar surface area (TPSA) is 15.3 Å². The molecule has 1 heterocycles. The van der Waals surface area contributed by atoms with Gasteiger partial charge in [-0.25, -0.2) is 0 Å². The van der Waals surface area contributed by atoms with Crippen LogP contribution in [0.5, 0.6) is 0 Å². The summed E-state index contributed by atoms with van der Waals surface area (Å²) in [4.78, 5) is 2.66. The van der Waals surface area contributed by atoms with Crippen LogP contribution in [-0.4, -0.2) is 37.1 Å². The number of piperidine rings is 1. The summed E-state index contributed by atoms with van der Waals surface area (Å²) in [6.45, 7) is 7.27. The first-order valence-corrected chi connectivity index (χ1v) is 8.35. The third kappa shape index (κ3) is 5.64. The quantitative estimate of drug-likeness (QED) is 0.730. The number of rotatable bonds is 8. The third-order valence-electron chi connectivity index (χ3n) is 4.40. The minimum atomic E-state index is 0.807. The van der Waals surface area contributed by atoms with Crippen molar-refractivity contribution in [3.8, 4) is 0 Å². The Morgan fingerprint density at radius 1 is 1.10 bits per heavy atom. The number of likely N-dealkylation sites (tertiary alicyclic amines) is 1. The van der Waals surface area contributed by atoms with Crippen molar-refractivity contribution in [1.29, 1.82) is 0 Å². The standard InChI is InChI=1S/C18H30N2/c1-17-9-5-6-15-20(17)16-8-14-19-13-7-12-18-10-3-2-4-11-18/h2-4,10-11,17,19H,5-9,12-16H2,1H3. The van der Waals surface area contributed by atoms with Crippen LogP contribution in [0.4, 0.5) is 0 Å². The second-order valence-electron chi connectivity index (χ2n) is 6.07. The van der Waals surface area contributed by atoms with Gasteiger partial charge in [-0.2, -0.15) is 0 Å². The van der Waals surface area contributed by atoms with Gasteiger partial charge in [-0.05, 0) is 70.8 Å². The summed E-state index contributed by atoms with van der Waals surface area (Å²) in [5.74, 6) is 0. The van der Waals surface area contributed by atoms with Gasteiger partial charge in [-0.15, -0.1) is 0 Å². The average molecular weight is 274 g/mol. The number of nitrogens with zero attached hydrogens (tertiary/aromatic N) is 1. The first-order valence-electron chi connectivity index (χ1n) is 8.35. The maximum absolute atomic E-state index is 3.58. The lowest BCUT2D eigenvalue weighted by Gasteiger charge is -2.33. The lowest BCUT2D eigenvalue weighted by Crippen LogP contribution is -2.38. The van der Waals surface area contributed by atoms with Crippen LogP contribution in [0.3, 0.4) is 0 Å². The number of benzene rings is 1. The number of hydrogen-bond donors (Lipinski definition) is 1. The molecule has 112 valence electrons. The Bertz CT molecular complexity index is 350. The molecule has 0 amide bonds. The summed E-state index contributed by atoms with van der Waals surface area (Å²) in [5, 5.41) is 3.58. The molecule has 1 aromatic rings. The highest BCUT2D eigenvalue weighted by molar-refractivity contribution is 5.14. The van der Waals surface area contributed by atoms with E-state index in [-0.39, 0.29) is 0 Å². The van der Waals surface area contributed by atoms with Crippen LogP contribution < -0.4 is 5.32 Å². The second kappa shape index (κ2) is 9.15. The van der Waals surface area contributed by atoms with Crippen molar-refractivity contribution in [2.24, 2.45) is 0 Å². The van der Waals surface area contributed by atoms with Crippen molar-refractivity contribution < 1.29 is 0 Å². The van der Waals surface area contributed by atoms with Crippen molar-refractivity contribution in [3.63, 3.8) is 0 Å². The SMILES string of the molecule is CC1CCCCN1CCCNCCCc1ccccc1. The fourth-order valence-corrected chi connectivity index (χ4v) is 3.08. The first-order chi connectivity index (χ1) is 9.86. The van der Waals surface area contributed by atoms with Crippen molar-refractivity contribution >= 4 is 0 Å². The molecule has 1 N–H and O–H groups in total. The van der Waals surface area contributed by atoms with Crippen molar-refractivity contribution in [3.05, 3.63) is 35.9 Å². The van der Waals surface area contributed by atoms with Gasteiger partial charge in [-0.3, -0.25) is 0 Å². The highest BCUT2D eigenvalue weighted by Crippen LogP contribution is 2.15. The van der Waals surface area contributed by atoms with Gasteiger partial charge < -0.3 is 10.2 Å². The highest BCUT2D eigenvalue weighted by atomic mass is 15.2. The Morgan fingerprint density at radius 2 is 1.90 bits per heavy atom. The van der Waals surface area contributed by atoms with Gasteiger partial charge in [0.15, 0.2) is 0 Å². The van der Waals surface area contributed by atoms with Gasteiger partial charge >= 0.3 is 0 Å². The van der Waals surface area contributed by atoms with Gasteiger partial charge in [0.25, 0.3) is 0 Å². The zero-order valence-electron chi connectivity index (χ0n) is 13.0. The maximum atomic E-state index is 3.58. The van der Waals surface area contributed by atoms with Crippen LogP contribution >= 0.6 is 0 Å². The summed E-state index contributed by atoms with van der Waals surface area (Å²) >= 11 is 0. The molecule has 1 saturated heterocycles. The smallest absolute Gasteiger partial charge is 0.00669 e. The van der Waals surface area contributed by atoms with E-state index >= 15 is 0 Å². The van der Waals surface area contributed by atoms with Crippen LogP contribution in [0, 0.1) is 0 Å². The number of hydrogen-bond acceptors (Lipinski definition) is 2. The highest BCUT2D eigenvalue weighted by Gasteiger charge is 2.16. The molecule has 0 spiro atoms. The summed E-state index contributed by atoms with van der Waals surface area (Å²) in [7, 11) is 0. The maximum Gasteiger partial charge on any atom is 0.00669 e. The number of aryl methyl sites for hydroxylation is 1. The fraction of sp³-hybridized carbons (Fsp3) is 0.667. The molecule has 1 aromatic carbocycles. The molecule has 20 heavy (non-hydrogen) atoms. The van der Waals surface area contributed by atoms with Crippen LogP contribution in [0.15, 0.2) is 30.3 Å². The van der Waals surface area contributed by atoms with Gasteiger partial charge in [0.2, 0.25) is 0 Å². The number of nitrogens with one attached hydrogen (secondary N) is 1. The molecule has 0 bridgehead atoms. The predicted octanol–water partition coefficient (Wildman–Crippen LogP) is 3.47. The van der Waals surface area contributed by atoms with E-state index in [0.717, 1.165) is 19.1 Å².